The number of anilines is 2. The first-order chi connectivity index (χ1) is 11.9. The molecule has 0 atom stereocenters. The summed E-state index contributed by atoms with van der Waals surface area (Å²) in [7, 11) is 0. The van der Waals surface area contributed by atoms with Crippen LogP contribution in [0.1, 0.15) is 29.9 Å². The summed E-state index contributed by atoms with van der Waals surface area (Å²) in [5.41, 5.74) is 3.13. The number of nitrogens with one attached hydrogen (secondary N) is 1. The number of carbonyl (C=O) groups excluding carboxylic acids is 1. The van der Waals surface area contributed by atoms with Gasteiger partial charge in [-0.05, 0) is 51.1 Å². The molecule has 0 saturated heterocycles. The smallest absolute Gasteiger partial charge is 0.342 e. The SMILES string of the molecule is Cc1ccc2c(Nc3cccc(Cl)c3)c(C(=O)OC(C)C)cnc2n1.Cl. The van der Waals surface area contributed by atoms with Gasteiger partial charge in [0.05, 0.1) is 11.8 Å². The van der Waals surface area contributed by atoms with Crippen LogP contribution in [0.15, 0.2) is 42.6 Å². The van der Waals surface area contributed by atoms with Gasteiger partial charge in [0.15, 0.2) is 5.65 Å². The highest BCUT2D eigenvalue weighted by Gasteiger charge is 2.19. The Balaban J connectivity index is 0.00000243. The molecule has 1 N–H and O–H groups in total. The number of ether oxygens (including phenoxy) is 1. The summed E-state index contributed by atoms with van der Waals surface area (Å²) in [6, 6.07) is 11.1. The first kappa shape index (κ1) is 19.9. The van der Waals surface area contributed by atoms with Crippen LogP contribution in [0, 0.1) is 6.92 Å². The minimum absolute atomic E-state index is 0. The zero-order valence-corrected chi connectivity index (χ0v) is 16.2. The fourth-order valence-electron chi connectivity index (χ4n) is 2.45. The van der Waals surface area contributed by atoms with Gasteiger partial charge in [-0.15, -0.1) is 12.4 Å². The van der Waals surface area contributed by atoms with Crippen molar-refractivity contribution in [2.45, 2.75) is 26.9 Å². The van der Waals surface area contributed by atoms with Gasteiger partial charge in [0.1, 0.15) is 5.56 Å². The van der Waals surface area contributed by atoms with Gasteiger partial charge in [0, 0.05) is 28.0 Å². The Kier molecular flexibility index (Phi) is 6.40. The van der Waals surface area contributed by atoms with Gasteiger partial charge in [-0.1, -0.05) is 17.7 Å². The number of hydrogen-bond acceptors (Lipinski definition) is 5. The lowest BCUT2D eigenvalue weighted by Crippen LogP contribution is -2.14. The van der Waals surface area contributed by atoms with Crippen LogP contribution in [0.5, 0.6) is 0 Å². The number of halogens is 2. The van der Waals surface area contributed by atoms with Crippen molar-refractivity contribution in [2.24, 2.45) is 0 Å². The zero-order chi connectivity index (χ0) is 18.0. The number of benzene rings is 1. The van der Waals surface area contributed by atoms with E-state index in [1.165, 1.54) is 6.20 Å². The van der Waals surface area contributed by atoms with Crippen LogP contribution in [-0.2, 0) is 4.74 Å². The fraction of sp³-hybridized carbons (Fsp3) is 0.211. The number of esters is 1. The molecule has 0 aliphatic heterocycles. The molecule has 0 aliphatic rings. The molecule has 26 heavy (non-hydrogen) atoms. The highest BCUT2D eigenvalue weighted by atomic mass is 35.5. The topological polar surface area (TPSA) is 64.1 Å². The molecule has 0 aliphatic carbocycles. The van der Waals surface area contributed by atoms with E-state index in [0.717, 1.165) is 16.8 Å². The Bertz CT molecular complexity index is 945. The number of carbonyl (C=O) groups is 1. The number of pyridine rings is 2. The molecule has 3 aromatic rings. The monoisotopic (exact) mass is 391 g/mol. The molecular formula is C19H19Cl2N3O2. The van der Waals surface area contributed by atoms with Crippen LogP contribution >= 0.6 is 24.0 Å². The molecular weight excluding hydrogens is 373 g/mol. The Hall–Kier alpha value is -2.37. The molecule has 3 rings (SSSR count). The molecule has 1 aromatic carbocycles. The Morgan fingerprint density at radius 1 is 1.23 bits per heavy atom. The van der Waals surface area contributed by atoms with Crippen LogP contribution in [-0.4, -0.2) is 22.0 Å². The largest absolute Gasteiger partial charge is 0.459 e. The number of fused-ring (bicyclic) bond motifs is 1. The number of hydrogen-bond donors (Lipinski definition) is 1. The second kappa shape index (κ2) is 8.34. The Morgan fingerprint density at radius 3 is 2.69 bits per heavy atom. The minimum Gasteiger partial charge on any atom is -0.459 e. The van der Waals surface area contributed by atoms with Crippen LogP contribution in [0.2, 0.25) is 5.02 Å². The normalized spacial score (nSPS) is 10.5. The lowest BCUT2D eigenvalue weighted by Gasteiger charge is -2.15. The average Bonchev–Trinajstić information content (AvgIpc) is 2.54. The summed E-state index contributed by atoms with van der Waals surface area (Å²) in [5.74, 6) is -0.436. The molecule has 7 heteroatoms. The van der Waals surface area contributed by atoms with Crippen molar-refractivity contribution >= 4 is 52.4 Å². The Labute approximate surface area is 163 Å². The molecule has 0 amide bonds. The fourth-order valence-corrected chi connectivity index (χ4v) is 2.64. The van der Waals surface area contributed by atoms with Crippen molar-refractivity contribution in [3.63, 3.8) is 0 Å². The van der Waals surface area contributed by atoms with E-state index in [2.05, 4.69) is 15.3 Å². The van der Waals surface area contributed by atoms with Crippen molar-refractivity contribution in [3.05, 3.63) is 58.9 Å². The molecule has 0 spiro atoms. The summed E-state index contributed by atoms with van der Waals surface area (Å²) in [4.78, 5) is 21.2. The van der Waals surface area contributed by atoms with E-state index in [4.69, 9.17) is 16.3 Å². The molecule has 0 fully saturated rings. The summed E-state index contributed by atoms with van der Waals surface area (Å²) in [6.07, 6.45) is 1.27. The first-order valence-electron chi connectivity index (χ1n) is 7.94. The van der Waals surface area contributed by atoms with E-state index in [-0.39, 0.29) is 18.5 Å². The maximum Gasteiger partial charge on any atom is 0.342 e. The summed E-state index contributed by atoms with van der Waals surface area (Å²) < 4.78 is 5.35. The van der Waals surface area contributed by atoms with Crippen LogP contribution in [0.25, 0.3) is 11.0 Å². The third-order valence-corrected chi connectivity index (χ3v) is 3.76. The molecule has 0 bridgehead atoms. The quantitative estimate of drug-likeness (QED) is 0.609. The molecule has 5 nitrogen and oxygen atoms in total. The van der Waals surface area contributed by atoms with Crippen molar-refractivity contribution < 1.29 is 9.53 Å². The number of aryl methyl sites for hydroxylation is 1. The van der Waals surface area contributed by atoms with Gasteiger partial charge in [-0.2, -0.15) is 0 Å². The molecule has 0 unspecified atom stereocenters. The van der Waals surface area contributed by atoms with Gasteiger partial charge in [0.25, 0.3) is 0 Å². The van der Waals surface area contributed by atoms with E-state index >= 15 is 0 Å². The van der Waals surface area contributed by atoms with Crippen molar-refractivity contribution in [1.82, 2.24) is 9.97 Å². The lowest BCUT2D eigenvalue weighted by atomic mass is 10.1. The third-order valence-electron chi connectivity index (χ3n) is 3.53. The van der Waals surface area contributed by atoms with Gasteiger partial charge < -0.3 is 10.1 Å². The lowest BCUT2D eigenvalue weighted by molar-refractivity contribution is 0.0379. The van der Waals surface area contributed by atoms with Gasteiger partial charge in [-0.25, -0.2) is 14.8 Å². The Morgan fingerprint density at radius 2 is 2.00 bits per heavy atom. The molecule has 2 aromatic heterocycles. The van der Waals surface area contributed by atoms with E-state index in [1.807, 2.05) is 31.2 Å². The number of rotatable bonds is 4. The van der Waals surface area contributed by atoms with Crippen molar-refractivity contribution in [1.29, 1.82) is 0 Å². The standard InChI is InChI=1S/C19H18ClN3O2.ClH/c1-11(2)25-19(24)16-10-21-18-15(8-7-12(3)22-18)17(16)23-14-6-4-5-13(20)9-14;/h4-11H,1-3H3,(H,21,22,23);1H. The highest BCUT2D eigenvalue weighted by molar-refractivity contribution is 6.30. The predicted octanol–water partition coefficient (Wildman–Crippen LogP) is 5.32. The van der Waals surface area contributed by atoms with Gasteiger partial charge >= 0.3 is 5.97 Å². The number of nitrogens with zero attached hydrogens (tertiary/aromatic N) is 2. The van der Waals surface area contributed by atoms with Crippen LogP contribution in [0.3, 0.4) is 0 Å². The molecule has 0 radical (unpaired) electrons. The molecule has 136 valence electrons. The molecule has 0 saturated carbocycles. The highest BCUT2D eigenvalue weighted by Crippen LogP contribution is 2.30. The third kappa shape index (κ3) is 4.42. The van der Waals surface area contributed by atoms with Gasteiger partial charge in [-0.3, -0.25) is 0 Å². The summed E-state index contributed by atoms with van der Waals surface area (Å²) >= 11 is 6.06. The zero-order valence-electron chi connectivity index (χ0n) is 14.6. The summed E-state index contributed by atoms with van der Waals surface area (Å²) in [5, 5.41) is 4.60. The second-order valence-corrected chi connectivity index (χ2v) is 6.40. The number of aromatic nitrogens is 2. The second-order valence-electron chi connectivity index (χ2n) is 5.96. The summed E-state index contributed by atoms with van der Waals surface area (Å²) in [6.45, 7) is 5.51. The van der Waals surface area contributed by atoms with Crippen LogP contribution in [0.4, 0.5) is 11.4 Å². The predicted molar refractivity (Wildman–Crippen MR) is 107 cm³/mol. The van der Waals surface area contributed by atoms with Crippen LogP contribution < -0.4 is 5.32 Å². The van der Waals surface area contributed by atoms with E-state index in [9.17, 15) is 4.79 Å². The van der Waals surface area contributed by atoms with E-state index in [0.29, 0.717) is 21.9 Å². The van der Waals surface area contributed by atoms with Gasteiger partial charge in [0.2, 0.25) is 0 Å². The van der Waals surface area contributed by atoms with E-state index in [1.54, 1.807) is 26.0 Å². The average molecular weight is 392 g/mol. The van der Waals surface area contributed by atoms with E-state index < -0.39 is 5.97 Å². The van der Waals surface area contributed by atoms with Crippen molar-refractivity contribution in [2.75, 3.05) is 5.32 Å². The maximum absolute atomic E-state index is 12.5. The first-order valence-corrected chi connectivity index (χ1v) is 8.32. The van der Waals surface area contributed by atoms with Crippen molar-refractivity contribution in [3.8, 4) is 0 Å². The minimum atomic E-state index is -0.436. The molecule has 2 heterocycles. The maximum atomic E-state index is 12.5.